The zero-order chi connectivity index (χ0) is 20.7. The number of nitrogens with one attached hydrogen (secondary N) is 1. The maximum absolute atomic E-state index is 12.1. The molecular weight excluding hydrogens is 382 g/mol. The Morgan fingerprint density at radius 1 is 1.07 bits per heavy atom. The topological polar surface area (TPSA) is 125 Å². The molecule has 0 aromatic heterocycles. The number of amides is 2. The Morgan fingerprint density at radius 3 is 2.36 bits per heavy atom. The van der Waals surface area contributed by atoms with Crippen LogP contribution in [0.2, 0.25) is 0 Å². The summed E-state index contributed by atoms with van der Waals surface area (Å²) in [4.78, 5) is 45.4. The summed E-state index contributed by atoms with van der Waals surface area (Å²) in [6.45, 7) is -3.82. The van der Waals surface area contributed by atoms with E-state index in [1.807, 2.05) is 5.32 Å². The van der Waals surface area contributed by atoms with Gasteiger partial charge in [0.2, 0.25) is 0 Å². The highest BCUT2D eigenvalue weighted by Gasteiger charge is 2.16. The number of esters is 1. The molecule has 0 radical (unpaired) electrons. The number of imide groups is 1. The first-order chi connectivity index (χ1) is 13.3. The van der Waals surface area contributed by atoms with Crippen molar-refractivity contribution in [3.63, 3.8) is 0 Å². The molecular formula is C17H12F2N2O7. The molecule has 0 aliphatic rings. The molecule has 2 aromatic carbocycles. The van der Waals surface area contributed by atoms with Gasteiger partial charge in [0, 0.05) is 17.7 Å². The number of nitro benzene ring substituents is 1. The summed E-state index contributed by atoms with van der Waals surface area (Å²) in [6.07, 6.45) is 0. The summed E-state index contributed by atoms with van der Waals surface area (Å²) >= 11 is 0. The SMILES string of the molecule is O=C(COC(=O)c1cccc([N+](=O)[O-])c1)NC(=O)c1ccc(OC(F)F)cc1. The highest BCUT2D eigenvalue weighted by molar-refractivity contribution is 6.05. The van der Waals surface area contributed by atoms with Crippen LogP contribution in [-0.2, 0) is 9.53 Å². The van der Waals surface area contributed by atoms with Gasteiger partial charge in [-0.3, -0.25) is 25.0 Å². The number of halogens is 2. The van der Waals surface area contributed by atoms with Crippen LogP contribution in [0.5, 0.6) is 5.75 Å². The minimum absolute atomic E-state index is 0.0139. The standard InChI is InChI=1S/C17H12F2N2O7/c18-17(19)28-13-6-4-10(5-7-13)15(23)20-14(22)9-27-16(24)11-2-1-3-12(8-11)21(25)26/h1-8,17H,9H2,(H,20,22,23). The number of rotatable bonds is 7. The Hall–Kier alpha value is -3.89. The lowest BCUT2D eigenvalue weighted by Crippen LogP contribution is -2.34. The molecule has 2 amide bonds. The molecule has 146 valence electrons. The molecule has 2 aromatic rings. The van der Waals surface area contributed by atoms with Gasteiger partial charge in [-0.1, -0.05) is 6.07 Å². The van der Waals surface area contributed by atoms with Gasteiger partial charge < -0.3 is 9.47 Å². The molecule has 9 nitrogen and oxygen atoms in total. The summed E-state index contributed by atoms with van der Waals surface area (Å²) in [5.74, 6) is -2.94. The number of hydrogen-bond donors (Lipinski definition) is 1. The third-order valence-electron chi connectivity index (χ3n) is 3.22. The van der Waals surface area contributed by atoms with Gasteiger partial charge in [0.25, 0.3) is 17.5 Å². The normalized spacial score (nSPS) is 10.2. The van der Waals surface area contributed by atoms with Crippen LogP contribution in [0.3, 0.4) is 0 Å². The Kier molecular flexibility index (Phi) is 6.68. The molecule has 0 atom stereocenters. The van der Waals surface area contributed by atoms with Crippen molar-refractivity contribution in [3.05, 3.63) is 69.8 Å². The molecule has 0 spiro atoms. The van der Waals surface area contributed by atoms with Gasteiger partial charge in [0.1, 0.15) is 5.75 Å². The smallest absolute Gasteiger partial charge is 0.387 e. The van der Waals surface area contributed by atoms with Crippen molar-refractivity contribution in [1.82, 2.24) is 5.32 Å². The fraction of sp³-hybridized carbons (Fsp3) is 0.118. The molecule has 28 heavy (non-hydrogen) atoms. The fourth-order valence-electron chi connectivity index (χ4n) is 1.98. The third-order valence-corrected chi connectivity index (χ3v) is 3.22. The second kappa shape index (κ2) is 9.16. The van der Waals surface area contributed by atoms with Crippen LogP contribution in [0.1, 0.15) is 20.7 Å². The van der Waals surface area contributed by atoms with Gasteiger partial charge in [-0.25, -0.2) is 4.79 Å². The average molecular weight is 394 g/mol. The minimum atomic E-state index is -3.01. The molecule has 0 fully saturated rings. The lowest BCUT2D eigenvalue weighted by molar-refractivity contribution is -0.384. The third kappa shape index (κ3) is 5.83. The number of alkyl halides is 2. The molecule has 0 heterocycles. The van der Waals surface area contributed by atoms with Crippen molar-refractivity contribution >= 4 is 23.5 Å². The maximum Gasteiger partial charge on any atom is 0.387 e. The van der Waals surface area contributed by atoms with E-state index in [1.165, 1.54) is 18.2 Å². The first-order valence-electron chi connectivity index (χ1n) is 7.57. The number of hydrogen-bond acceptors (Lipinski definition) is 7. The van der Waals surface area contributed by atoms with Crippen LogP contribution in [0.25, 0.3) is 0 Å². The first-order valence-corrected chi connectivity index (χ1v) is 7.57. The zero-order valence-electron chi connectivity index (χ0n) is 14.0. The van der Waals surface area contributed by atoms with E-state index in [1.54, 1.807) is 0 Å². The number of non-ortho nitro benzene ring substituents is 1. The van der Waals surface area contributed by atoms with Crippen molar-refractivity contribution in [3.8, 4) is 5.75 Å². The van der Waals surface area contributed by atoms with Crippen LogP contribution >= 0.6 is 0 Å². The van der Waals surface area contributed by atoms with Crippen molar-refractivity contribution in [2.24, 2.45) is 0 Å². The summed E-state index contributed by atoms with van der Waals surface area (Å²) in [5, 5.41) is 12.6. The van der Waals surface area contributed by atoms with E-state index >= 15 is 0 Å². The van der Waals surface area contributed by atoms with Gasteiger partial charge in [-0.05, 0) is 30.3 Å². The monoisotopic (exact) mass is 394 g/mol. The minimum Gasteiger partial charge on any atom is -0.452 e. The molecule has 0 bridgehead atoms. The lowest BCUT2D eigenvalue weighted by atomic mass is 10.2. The van der Waals surface area contributed by atoms with Gasteiger partial charge in [-0.2, -0.15) is 8.78 Å². The summed E-state index contributed by atoms with van der Waals surface area (Å²) in [5.41, 5.74) is -0.476. The first kappa shape index (κ1) is 20.4. The lowest BCUT2D eigenvalue weighted by Gasteiger charge is -2.07. The van der Waals surface area contributed by atoms with E-state index in [2.05, 4.69) is 4.74 Å². The van der Waals surface area contributed by atoms with Crippen molar-refractivity contribution in [2.75, 3.05) is 6.61 Å². The second-order valence-electron chi connectivity index (χ2n) is 5.16. The Morgan fingerprint density at radius 2 is 1.75 bits per heavy atom. The fourth-order valence-corrected chi connectivity index (χ4v) is 1.98. The van der Waals surface area contributed by atoms with Crippen LogP contribution in [0, 0.1) is 10.1 Å². The molecule has 0 saturated heterocycles. The predicted molar refractivity (Wildman–Crippen MR) is 88.9 cm³/mol. The molecule has 11 heteroatoms. The average Bonchev–Trinajstić information content (AvgIpc) is 2.66. The number of nitrogens with zero attached hydrogens (tertiary/aromatic N) is 1. The predicted octanol–water partition coefficient (Wildman–Crippen LogP) is 2.31. The van der Waals surface area contributed by atoms with Crippen molar-refractivity contribution in [2.45, 2.75) is 6.61 Å². The molecule has 0 saturated carbocycles. The largest absolute Gasteiger partial charge is 0.452 e. The Balaban J connectivity index is 1.88. The number of ether oxygens (including phenoxy) is 2. The van der Waals surface area contributed by atoms with Crippen molar-refractivity contribution in [1.29, 1.82) is 0 Å². The molecule has 2 rings (SSSR count). The van der Waals surface area contributed by atoms with E-state index < -0.39 is 35.9 Å². The second-order valence-corrected chi connectivity index (χ2v) is 5.16. The number of carbonyl (C=O) groups is 3. The number of benzene rings is 2. The van der Waals surface area contributed by atoms with E-state index in [4.69, 9.17) is 4.74 Å². The highest BCUT2D eigenvalue weighted by atomic mass is 19.3. The Bertz CT molecular complexity index is 901. The van der Waals surface area contributed by atoms with E-state index in [9.17, 15) is 33.3 Å². The zero-order valence-corrected chi connectivity index (χ0v) is 14.0. The molecule has 1 N–H and O–H groups in total. The summed E-state index contributed by atoms with van der Waals surface area (Å²) in [7, 11) is 0. The van der Waals surface area contributed by atoms with Gasteiger partial charge in [0.05, 0.1) is 10.5 Å². The van der Waals surface area contributed by atoms with Gasteiger partial charge in [-0.15, -0.1) is 0 Å². The molecule has 0 aliphatic heterocycles. The van der Waals surface area contributed by atoms with Crippen LogP contribution in [0.15, 0.2) is 48.5 Å². The molecule has 0 aliphatic carbocycles. The molecule has 0 unspecified atom stereocenters. The number of nitro groups is 1. The van der Waals surface area contributed by atoms with Crippen LogP contribution in [0.4, 0.5) is 14.5 Å². The van der Waals surface area contributed by atoms with Crippen LogP contribution in [-0.4, -0.2) is 35.9 Å². The van der Waals surface area contributed by atoms with Gasteiger partial charge in [0.15, 0.2) is 6.61 Å². The van der Waals surface area contributed by atoms with E-state index in [0.29, 0.717) is 0 Å². The summed E-state index contributed by atoms with van der Waals surface area (Å²) < 4.78 is 33.0. The van der Waals surface area contributed by atoms with E-state index in [-0.39, 0.29) is 22.6 Å². The maximum atomic E-state index is 12.1. The van der Waals surface area contributed by atoms with Crippen LogP contribution < -0.4 is 10.1 Å². The quantitative estimate of drug-likeness (QED) is 0.434. The van der Waals surface area contributed by atoms with Gasteiger partial charge >= 0.3 is 12.6 Å². The number of carbonyl (C=O) groups excluding carboxylic acids is 3. The van der Waals surface area contributed by atoms with Crippen molar-refractivity contribution < 1.29 is 37.6 Å². The van der Waals surface area contributed by atoms with E-state index in [0.717, 1.165) is 30.3 Å². The highest BCUT2D eigenvalue weighted by Crippen LogP contribution is 2.15. The summed E-state index contributed by atoms with van der Waals surface area (Å²) in [6, 6.07) is 9.27. The Labute approximate surface area is 156 Å².